The normalized spacial score (nSPS) is 18.2. The quantitative estimate of drug-likeness (QED) is 0.519. The Bertz CT molecular complexity index is 748. The fraction of sp³-hybridized carbons (Fsp3) is 0.412. The molecular formula is C17H23N5O2. The van der Waals surface area contributed by atoms with Gasteiger partial charge in [0.15, 0.2) is 0 Å². The molecule has 128 valence electrons. The molecule has 1 atom stereocenters. The molecule has 0 bridgehead atoms. The number of carbonyl (C=O) groups is 2. The number of benzene rings is 1. The van der Waals surface area contributed by atoms with Crippen LogP contribution in [0.25, 0.3) is 10.9 Å². The predicted octanol–water partition coefficient (Wildman–Crippen LogP) is -0.239. The molecule has 0 saturated carbocycles. The van der Waals surface area contributed by atoms with Gasteiger partial charge in [-0.05, 0) is 37.6 Å². The minimum absolute atomic E-state index is 0.312. The number of fused-ring (bicyclic) bond motifs is 1. The van der Waals surface area contributed by atoms with Crippen molar-refractivity contribution in [1.82, 2.24) is 15.6 Å². The second-order valence-electron chi connectivity index (χ2n) is 6.40. The van der Waals surface area contributed by atoms with E-state index < -0.39 is 17.5 Å². The third kappa shape index (κ3) is 3.27. The van der Waals surface area contributed by atoms with Crippen LogP contribution in [0.1, 0.15) is 18.4 Å². The second-order valence-corrected chi connectivity index (χ2v) is 6.40. The van der Waals surface area contributed by atoms with Crippen molar-refractivity contribution in [2.45, 2.75) is 30.8 Å². The van der Waals surface area contributed by atoms with Crippen molar-refractivity contribution in [3.8, 4) is 0 Å². The van der Waals surface area contributed by atoms with Crippen LogP contribution in [0.4, 0.5) is 0 Å². The van der Waals surface area contributed by atoms with Crippen molar-refractivity contribution in [2.24, 2.45) is 11.5 Å². The Labute approximate surface area is 140 Å². The first-order valence-electron chi connectivity index (χ1n) is 8.14. The van der Waals surface area contributed by atoms with E-state index in [4.69, 9.17) is 11.5 Å². The monoisotopic (exact) mass is 329 g/mol. The highest BCUT2D eigenvalue weighted by atomic mass is 16.2. The van der Waals surface area contributed by atoms with Crippen LogP contribution < -0.4 is 22.1 Å². The first-order chi connectivity index (χ1) is 11.5. The van der Waals surface area contributed by atoms with Crippen molar-refractivity contribution in [3.05, 3.63) is 36.0 Å². The number of carbonyl (C=O) groups excluding carboxylic acids is 2. The van der Waals surface area contributed by atoms with Crippen LogP contribution in [-0.4, -0.2) is 41.5 Å². The van der Waals surface area contributed by atoms with Crippen molar-refractivity contribution >= 4 is 22.7 Å². The maximum atomic E-state index is 12.5. The molecule has 7 N–H and O–H groups in total. The highest BCUT2D eigenvalue weighted by molar-refractivity contribution is 5.92. The van der Waals surface area contributed by atoms with Crippen molar-refractivity contribution in [2.75, 3.05) is 13.1 Å². The molecule has 1 aromatic carbocycles. The molecule has 0 radical (unpaired) electrons. The lowest BCUT2D eigenvalue weighted by atomic mass is 9.88. The number of nitrogens with one attached hydrogen (secondary N) is 3. The van der Waals surface area contributed by atoms with Gasteiger partial charge in [0.05, 0.1) is 5.54 Å². The van der Waals surface area contributed by atoms with Crippen LogP contribution in [0, 0.1) is 0 Å². The molecule has 0 spiro atoms. The Hall–Kier alpha value is -2.38. The molecule has 1 aliphatic rings. The minimum Gasteiger partial charge on any atom is -0.368 e. The summed E-state index contributed by atoms with van der Waals surface area (Å²) in [5.74, 6) is -0.876. The zero-order valence-electron chi connectivity index (χ0n) is 13.5. The molecule has 1 fully saturated rings. The Morgan fingerprint density at radius 3 is 2.67 bits per heavy atom. The SMILES string of the molecule is NC(=O)[C@@H](Cc1c[nH]c2ccccc12)NC(=O)C1(N)CCNCC1. The van der Waals surface area contributed by atoms with Gasteiger partial charge in [0.1, 0.15) is 6.04 Å². The van der Waals surface area contributed by atoms with Crippen molar-refractivity contribution < 1.29 is 9.59 Å². The number of para-hydroxylation sites is 1. The Balaban J connectivity index is 1.75. The fourth-order valence-electron chi connectivity index (χ4n) is 3.15. The molecule has 0 aliphatic carbocycles. The number of nitrogens with two attached hydrogens (primary N) is 2. The number of hydrogen-bond donors (Lipinski definition) is 5. The summed E-state index contributed by atoms with van der Waals surface area (Å²) in [6.07, 6.45) is 3.25. The third-order valence-electron chi connectivity index (χ3n) is 4.70. The van der Waals surface area contributed by atoms with E-state index in [1.165, 1.54) is 0 Å². The number of H-pyrrole nitrogens is 1. The number of rotatable bonds is 5. The molecule has 24 heavy (non-hydrogen) atoms. The fourth-order valence-corrected chi connectivity index (χ4v) is 3.15. The molecule has 2 aromatic rings. The molecule has 0 unspecified atom stereocenters. The maximum Gasteiger partial charge on any atom is 0.240 e. The standard InChI is InChI=1S/C17H23N5O2/c18-15(23)14(22-16(24)17(19)5-7-20-8-6-17)9-11-10-21-13-4-2-1-3-12(11)13/h1-4,10,14,20-21H,5-9,19H2,(H2,18,23)(H,22,24)/t14-/m1/s1. The molecule has 1 aromatic heterocycles. The van der Waals surface area contributed by atoms with Gasteiger partial charge in [-0.25, -0.2) is 0 Å². The van der Waals surface area contributed by atoms with Crippen molar-refractivity contribution in [3.63, 3.8) is 0 Å². The third-order valence-corrected chi connectivity index (χ3v) is 4.70. The largest absolute Gasteiger partial charge is 0.368 e. The summed E-state index contributed by atoms with van der Waals surface area (Å²) in [7, 11) is 0. The number of amides is 2. The van der Waals surface area contributed by atoms with Crippen LogP contribution in [0.3, 0.4) is 0 Å². The van der Waals surface area contributed by atoms with E-state index in [-0.39, 0.29) is 5.91 Å². The highest BCUT2D eigenvalue weighted by Crippen LogP contribution is 2.20. The van der Waals surface area contributed by atoms with Gasteiger partial charge in [-0.2, -0.15) is 0 Å². The van der Waals surface area contributed by atoms with E-state index in [0.717, 1.165) is 16.5 Å². The Kier molecular flexibility index (Phi) is 4.55. The molecule has 3 rings (SSSR count). The molecule has 7 nitrogen and oxygen atoms in total. The lowest BCUT2D eigenvalue weighted by molar-refractivity contribution is -0.131. The van der Waals surface area contributed by atoms with E-state index >= 15 is 0 Å². The summed E-state index contributed by atoms with van der Waals surface area (Å²) >= 11 is 0. The first-order valence-corrected chi connectivity index (χ1v) is 8.14. The van der Waals surface area contributed by atoms with Gasteiger partial charge in [0.2, 0.25) is 11.8 Å². The first kappa shape index (κ1) is 16.5. The molecule has 2 heterocycles. The average Bonchev–Trinajstić information content (AvgIpc) is 2.98. The van der Waals surface area contributed by atoms with Gasteiger partial charge in [0, 0.05) is 23.5 Å². The molecule has 1 saturated heterocycles. The number of hydrogen-bond acceptors (Lipinski definition) is 4. The number of aromatic nitrogens is 1. The van der Waals surface area contributed by atoms with E-state index in [2.05, 4.69) is 15.6 Å². The number of piperidine rings is 1. The van der Waals surface area contributed by atoms with Gasteiger partial charge in [-0.3, -0.25) is 9.59 Å². The van der Waals surface area contributed by atoms with Gasteiger partial charge < -0.3 is 27.1 Å². The summed E-state index contributed by atoms with van der Waals surface area (Å²) in [5.41, 5.74) is 12.7. The van der Waals surface area contributed by atoms with Crippen LogP contribution in [0.15, 0.2) is 30.5 Å². The minimum atomic E-state index is -0.945. The Morgan fingerprint density at radius 2 is 1.96 bits per heavy atom. The molecule has 1 aliphatic heterocycles. The van der Waals surface area contributed by atoms with Crippen LogP contribution in [0.5, 0.6) is 0 Å². The second kappa shape index (κ2) is 6.62. The summed E-state index contributed by atoms with van der Waals surface area (Å²) < 4.78 is 0. The van der Waals surface area contributed by atoms with Gasteiger partial charge in [-0.1, -0.05) is 18.2 Å². The zero-order valence-corrected chi connectivity index (χ0v) is 13.5. The number of primary amides is 1. The van der Waals surface area contributed by atoms with Crippen LogP contribution in [-0.2, 0) is 16.0 Å². The van der Waals surface area contributed by atoms with E-state index in [9.17, 15) is 9.59 Å². The predicted molar refractivity (Wildman–Crippen MR) is 92.1 cm³/mol. The van der Waals surface area contributed by atoms with Gasteiger partial charge in [0.25, 0.3) is 0 Å². The summed E-state index contributed by atoms with van der Waals surface area (Å²) in [4.78, 5) is 27.5. The zero-order chi connectivity index (χ0) is 17.2. The van der Waals surface area contributed by atoms with E-state index in [1.807, 2.05) is 30.5 Å². The number of aromatic amines is 1. The molecule has 2 amide bonds. The topological polar surface area (TPSA) is 126 Å². The van der Waals surface area contributed by atoms with Crippen molar-refractivity contribution in [1.29, 1.82) is 0 Å². The summed E-state index contributed by atoms with van der Waals surface area (Å²) in [6, 6.07) is 7.01. The van der Waals surface area contributed by atoms with Crippen LogP contribution in [0.2, 0.25) is 0 Å². The lowest BCUT2D eigenvalue weighted by Crippen LogP contribution is -2.62. The van der Waals surface area contributed by atoms with E-state index in [0.29, 0.717) is 32.4 Å². The lowest BCUT2D eigenvalue weighted by Gasteiger charge is -2.33. The highest BCUT2D eigenvalue weighted by Gasteiger charge is 2.37. The van der Waals surface area contributed by atoms with E-state index in [1.54, 1.807) is 0 Å². The van der Waals surface area contributed by atoms with Gasteiger partial charge >= 0.3 is 0 Å². The molecular weight excluding hydrogens is 306 g/mol. The van der Waals surface area contributed by atoms with Crippen LogP contribution >= 0.6 is 0 Å². The summed E-state index contributed by atoms with van der Waals surface area (Å²) in [5, 5.41) is 6.94. The Morgan fingerprint density at radius 1 is 1.25 bits per heavy atom. The smallest absolute Gasteiger partial charge is 0.240 e. The van der Waals surface area contributed by atoms with Gasteiger partial charge in [-0.15, -0.1) is 0 Å². The summed E-state index contributed by atoms with van der Waals surface area (Å²) in [6.45, 7) is 1.38. The maximum absolute atomic E-state index is 12.5. The average molecular weight is 329 g/mol. The molecule has 7 heteroatoms.